The minimum atomic E-state index is 0.0172. The van der Waals surface area contributed by atoms with Crippen LogP contribution in [0.15, 0.2) is 48.5 Å². The number of carbonyl (C=O) groups is 1. The van der Waals surface area contributed by atoms with Crippen LogP contribution in [-0.2, 0) is 4.79 Å². The fraction of sp³-hybridized carbons (Fsp3) is 0.316. The van der Waals surface area contributed by atoms with Crippen molar-refractivity contribution in [3.8, 4) is 17.2 Å². The second kappa shape index (κ2) is 7.84. The molecule has 5 nitrogen and oxygen atoms in total. The fourth-order valence-corrected chi connectivity index (χ4v) is 2.67. The van der Waals surface area contributed by atoms with Crippen molar-refractivity contribution in [2.75, 3.05) is 25.0 Å². The van der Waals surface area contributed by atoms with Crippen molar-refractivity contribution in [1.82, 2.24) is 5.32 Å². The van der Waals surface area contributed by atoms with Crippen LogP contribution in [0.2, 0.25) is 0 Å². The van der Waals surface area contributed by atoms with E-state index in [9.17, 15) is 4.79 Å². The van der Waals surface area contributed by atoms with Gasteiger partial charge < -0.3 is 20.1 Å². The molecule has 2 N–H and O–H groups in total. The third kappa shape index (κ3) is 4.06. The van der Waals surface area contributed by atoms with Gasteiger partial charge in [-0.3, -0.25) is 4.79 Å². The molecule has 1 unspecified atom stereocenters. The summed E-state index contributed by atoms with van der Waals surface area (Å²) in [6.45, 7) is 4.20. The summed E-state index contributed by atoms with van der Waals surface area (Å²) in [4.78, 5) is 12.3. The molecule has 0 saturated carbocycles. The average molecular weight is 326 g/mol. The molecule has 1 heterocycles. The van der Waals surface area contributed by atoms with Crippen molar-refractivity contribution < 1.29 is 14.3 Å². The number of benzene rings is 2. The molecule has 0 bridgehead atoms. The number of carbonyl (C=O) groups excluding carboxylic acids is 1. The molecule has 1 saturated heterocycles. The topological polar surface area (TPSA) is 59.6 Å². The first-order valence-electron chi connectivity index (χ1n) is 8.27. The van der Waals surface area contributed by atoms with Gasteiger partial charge in [0.2, 0.25) is 5.91 Å². The number of ether oxygens (including phenoxy) is 2. The van der Waals surface area contributed by atoms with Gasteiger partial charge in [0.1, 0.15) is 11.5 Å². The molecule has 1 atom stereocenters. The summed E-state index contributed by atoms with van der Waals surface area (Å²) in [6.07, 6.45) is 0.869. The van der Waals surface area contributed by atoms with Crippen LogP contribution in [0.3, 0.4) is 0 Å². The lowest BCUT2D eigenvalue weighted by Gasteiger charge is -2.14. The molecule has 0 radical (unpaired) electrons. The Balaban J connectivity index is 1.70. The molecule has 1 fully saturated rings. The van der Waals surface area contributed by atoms with Crippen LogP contribution in [0.4, 0.5) is 5.69 Å². The largest absolute Gasteiger partial charge is 0.494 e. The lowest BCUT2D eigenvalue weighted by Crippen LogP contribution is -2.24. The van der Waals surface area contributed by atoms with Gasteiger partial charge in [-0.2, -0.15) is 0 Å². The van der Waals surface area contributed by atoms with E-state index in [1.165, 1.54) is 0 Å². The highest BCUT2D eigenvalue weighted by atomic mass is 16.5. The summed E-state index contributed by atoms with van der Waals surface area (Å²) >= 11 is 0. The van der Waals surface area contributed by atoms with Crippen molar-refractivity contribution >= 4 is 11.6 Å². The van der Waals surface area contributed by atoms with Crippen LogP contribution in [0.5, 0.6) is 17.2 Å². The molecule has 2 aromatic carbocycles. The zero-order valence-corrected chi connectivity index (χ0v) is 13.7. The standard InChI is InChI=1S/C19H22N2O3/c1-2-23-15-7-9-16(10-8-15)24-18-6-4-3-5-17(18)21-19(22)14-11-12-20-13-14/h3-10,14,20H,2,11-13H2,1H3,(H,21,22). The van der Waals surface area contributed by atoms with Gasteiger partial charge in [0.25, 0.3) is 0 Å². The van der Waals surface area contributed by atoms with E-state index >= 15 is 0 Å². The molecular weight excluding hydrogens is 304 g/mol. The Morgan fingerprint density at radius 2 is 1.92 bits per heavy atom. The highest BCUT2D eigenvalue weighted by Crippen LogP contribution is 2.30. The second-order valence-corrected chi connectivity index (χ2v) is 5.68. The predicted molar refractivity (Wildman–Crippen MR) is 93.7 cm³/mol. The predicted octanol–water partition coefficient (Wildman–Crippen LogP) is 3.43. The quantitative estimate of drug-likeness (QED) is 0.854. The molecule has 1 aliphatic rings. The number of nitrogens with one attached hydrogen (secondary N) is 2. The first-order chi connectivity index (χ1) is 11.8. The molecule has 0 aromatic heterocycles. The van der Waals surface area contributed by atoms with Gasteiger partial charge in [-0.25, -0.2) is 0 Å². The first-order valence-corrected chi connectivity index (χ1v) is 8.27. The average Bonchev–Trinajstić information content (AvgIpc) is 3.13. The zero-order valence-electron chi connectivity index (χ0n) is 13.7. The highest BCUT2D eigenvalue weighted by Gasteiger charge is 2.23. The summed E-state index contributed by atoms with van der Waals surface area (Å²) in [6, 6.07) is 14.9. The lowest BCUT2D eigenvalue weighted by atomic mass is 10.1. The van der Waals surface area contributed by atoms with Crippen LogP contribution in [-0.4, -0.2) is 25.6 Å². The molecule has 1 amide bonds. The molecule has 0 aliphatic carbocycles. The highest BCUT2D eigenvalue weighted by molar-refractivity contribution is 5.94. The fourth-order valence-electron chi connectivity index (χ4n) is 2.67. The summed E-state index contributed by atoms with van der Waals surface area (Å²) in [5.41, 5.74) is 0.684. The summed E-state index contributed by atoms with van der Waals surface area (Å²) in [5.74, 6) is 2.18. The first kappa shape index (κ1) is 16.3. The van der Waals surface area contributed by atoms with E-state index in [0.29, 0.717) is 23.8 Å². The van der Waals surface area contributed by atoms with Crippen LogP contribution in [0, 0.1) is 5.92 Å². The minimum absolute atomic E-state index is 0.0172. The molecule has 126 valence electrons. The lowest BCUT2D eigenvalue weighted by molar-refractivity contribution is -0.119. The smallest absolute Gasteiger partial charge is 0.228 e. The molecule has 2 aromatic rings. The van der Waals surface area contributed by atoms with Gasteiger partial charge >= 0.3 is 0 Å². The van der Waals surface area contributed by atoms with Crippen LogP contribution < -0.4 is 20.1 Å². The van der Waals surface area contributed by atoms with Gasteiger partial charge in [-0.15, -0.1) is 0 Å². The van der Waals surface area contributed by atoms with Gasteiger partial charge in [0, 0.05) is 6.54 Å². The Bertz CT molecular complexity index is 679. The van der Waals surface area contributed by atoms with E-state index < -0.39 is 0 Å². The van der Waals surface area contributed by atoms with E-state index in [0.717, 1.165) is 25.3 Å². The van der Waals surface area contributed by atoms with Crippen LogP contribution >= 0.6 is 0 Å². The van der Waals surface area contributed by atoms with E-state index in [2.05, 4.69) is 10.6 Å². The molecule has 24 heavy (non-hydrogen) atoms. The second-order valence-electron chi connectivity index (χ2n) is 5.68. The van der Waals surface area contributed by atoms with Crippen molar-refractivity contribution in [3.05, 3.63) is 48.5 Å². The maximum atomic E-state index is 12.3. The number of rotatable bonds is 6. The van der Waals surface area contributed by atoms with E-state index in [4.69, 9.17) is 9.47 Å². The number of hydrogen-bond donors (Lipinski definition) is 2. The number of hydrogen-bond acceptors (Lipinski definition) is 4. The third-order valence-electron chi connectivity index (χ3n) is 3.94. The van der Waals surface area contributed by atoms with Crippen LogP contribution in [0.1, 0.15) is 13.3 Å². The SMILES string of the molecule is CCOc1ccc(Oc2ccccc2NC(=O)C2CCNC2)cc1. The Kier molecular flexibility index (Phi) is 5.33. The summed E-state index contributed by atoms with van der Waals surface area (Å²) < 4.78 is 11.3. The van der Waals surface area contributed by atoms with Gasteiger partial charge in [-0.05, 0) is 56.3 Å². The van der Waals surface area contributed by atoms with E-state index in [1.54, 1.807) is 0 Å². The number of anilines is 1. The van der Waals surface area contributed by atoms with Crippen LogP contribution in [0.25, 0.3) is 0 Å². The van der Waals surface area contributed by atoms with E-state index in [1.807, 2.05) is 55.5 Å². The van der Waals surface area contributed by atoms with Crippen molar-refractivity contribution in [3.63, 3.8) is 0 Å². The van der Waals surface area contributed by atoms with Gasteiger partial charge in [-0.1, -0.05) is 12.1 Å². The molecule has 1 aliphatic heterocycles. The third-order valence-corrected chi connectivity index (χ3v) is 3.94. The number of para-hydroxylation sites is 2. The summed E-state index contributed by atoms with van der Waals surface area (Å²) in [5, 5.41) is 6.18. The van der Waals surface area contributed by atoms with Gasteiger partial charge in [0.05, 0.1) is 18.2 Å². The normalized spacial score (nSPS) is 16.6. The molecule has 5 heteroatoms. The van der Waals surface area contributed by atoms with Crippen molar-refractivity contribution in [2.24, 2.45) is 5.92 Å². The van der Waals surface area contributed by atoms with Crippen molar-refractivity contribution in [2.45, 2.75) is 13.3 Å². The van der Waals surface area contributed by atoms with E-state index in [-0.39, 0.29) is 11.8 Å². The Labute approximate surface area is 142 Å². The minimum Gasteiger partial charge on any atom is -0.494 e. The monoisotopic (exact) mass is 326 g/mol. The maximum Gasteiger partial charge on any atom is 0.228 e. The molecule has 3 rings (SSSR count). The molecular formula is C19H22N2O3. The Morgan fingerprint density at radius 1 is 1.17 bits per heavy atom. The maximum absolute atomic E-state index is 12.3. The Morgan fingerprint density at radius 3 is 2.62 bits per heavy atom. The van der Waals surface area contributed by atoms with Gasteiger partial charge in [0.15, 0.2) is 5.75 Å². The van der Waals surface area contributed by atoms with Crippen molar-refractivity contribution in [1.29, 1.82) is 0 Å². The molecule has 0 spiro atoms. The Hall–Kier alpha value is -2.53. The summed E-state index contributed by atoms with van der Waals surface area (Å²) in [7, 11) is 0. The zero-order chi connectivity index (χ0) is 16.8. The number of amides is 1.